The molecule has 0 radical (unpaired) electrons. The molecule has 0 heterocycles. The van der Waals surface area contributed by atoms with Gasteiger partial charge in [-0.15, -0.1) is 0 Å². The maximum Gasteiger partial charge on any atom is 0.248 e. The van der Waals surface area contributed by atoms with E-state index >= 15 is 0 Å². The van der Waals surface area contributed by atoms with E-state index in [4.69, 9.17) is 0 Å². The number of aryl methyl sites for hydroxylation is 2. The molecule has 1 aromatic carbocycles. The van der Waals surface area contributed by atoms with E-state index in [9.17, 15) is 4.79 Å². The first-order chi connectivity index (χ1) is 7.54. The average molecular weight is 217 g/mol. The van der Waals surface area contributed by atoms with Crippen molar-refractivity contribution < 1.29 is 4.79 Å². The number of carbonyl (C=O) groups excluding carboxylic acids is 1. The largest absolute Gasteiger partial charge is 0.322 e. The van der Waals surface area contributed by atoms with Gasteiger partial charge in [0.15, 0.2) is 0 Å². The van der Waals surface area contributed by atoms with E-state index in [1.165, 1.54) is 5.56 Å². The number of allylic oxidation sites excluding steroid dienone is 1. The minimum atomic E-state index is -0.0519. The van der Waals surface area contributed by atoms with Crippen LogP contribution in [0.2, 0.25) is 0 Å². The van der Waals surface area contributed by atoms with Gasteiger partial charge in [-0.05, 0) is 38.3 Å². The Kier molecular flexibility index (Phi) is 4.29. The Labute approximate surface area is 97.4 Å². The van der Waals surface area contributed by atoms with Gasteiger partial charge in [-0.3, -0.25) is 4.79 Å². The molecule has 2 heteroatoms. The van der Waals surface area contributed by atoms with Crippen molar-refractivity contribution in [3.63, 3.8) is 0 Å². The van der Waals surface area contributed by atoms with Gasteiger partial charge < -0.3 is 5.32 Å². The molecule has 0 aliphatic carbocycles. The molecule has 0 atom stereocenters. The number of hydrogen-bond acceptors (Lipinski definition) is 1. The van der Waals surface area contributed by atoms with Crippen LogP contribution >= 0.6 is 0 Å². The van der Waals surface area contributed by atoms with Gasteiger partial charge in [-0.1, -0.05) is 30.7 Å². The van der Waals surface area contributed by atoms with Crippen molar-refractivity contribution in [3.05, 3.63) is 41.0 Å². The lowest BCUT2D eigenvalue weighted by Crippen LogP contribution is -2.11. The van der Waals surface area contributed by atoms with Crippen molar-refractivity contribution in [1.82, 2.24) is 0 Å². The van der Waals surface area contributed by atoms with Gasteiger partial charge >= 0.3 is 0 Å². The van der Waals surface area contributed by atoms with Crippen molar-refractivity contribution in [2.24, 2.45) is 0 Å². The number of rotatable bonds is 3. The summed E-state index contributed by atoms with van der Waals surface area (Å²) in [5, 5.41) is 2.95. The summed E-state index contributed by atoms with van der Waals surface area (Å²) in [4.78, 5) is 11.7. The number of hydrogen-bond donors (Lipinski definition) is 1. The minimum absolute atomic E-state index is 0.0519. The predicted molar refractivity (Wildman–Crippen MR) is 68.6 cm³/mol. The number of amides is 1. The minimum Gasteiger partial charge on any atom is -0.322 e. The van der Waals surface area contributed by atoms with Crippen LogP contribution in [0.1, 0.15) is 31.9 Å². The van der Waals surface area contributed by atoms with Crippen molar-refractivity contribution >= 4 is 11.6 Å². The van der Waals surface area contributed by atoms with E-state index in [1.54, 1.807) is 6.08 Å². The molecule has 0 aromatic heterocycles. The molecule has 16 heavy (non-hydrogen) atoms. The van der Waals surface area contributed by atoms with Crippen LogP contribution in [0.15, 0.2) is 29.8 Å². The van der Waals surface area contributed by atoms with E-state index in [-0.39, 0.29) is 5.91 Å². The highest BCUT2D eigenvalue weighted by molar-refractivity contribution is 6.00. The van der Waals surface area contributed by atoms with Crippen LogP contribution in [0.4, 0.5) is 5.69 Å². The summed E-state index contributed by atoms with van der Waals surface area (Å²) >= 11 is 0. The third-order valence-corrected chi connectivity index (χ3v) is 2.41. The number of anilines is 1. The molecule has 0 fully saturated rings. The topological polar surface area (TPSA) is 29.1 Å². The van der Waals surface area contributed by atoms with Gasteiger partial charge in [0.1, 0.15) is 0 Å². The summed E-state index contributed by atoms with van der Waals surface area (Å²) < 4.78 is 0. The first-order valence-corrected chi connectivity index (χ1v) is 5.59. The molecule has 1 aromatic rings. The monoisotopic (exact) mass is 217 g/mol. The molecule has 0 aliphatic rings. The molecular formula is C14H19NO. The van der Waals surface area contributed by atoms with Gasteiger partial charge in [0.25, 0.3) is 0 Å². The standard InChI is InChI=1S/C14H19NO/c1-5-12-8-6-7-11(4)14(12)15-13(16)9-10(2)3/h6-9H,5H2,1-4H3,(H,15,16). The third kappa shape index (κ3) is 3.23. The lowest BCUT2D eigenvalue weighted by molar-refractivity contribution is -0.112. The summed E-state index contributed by atoms with van der Waals surface area (Å²) in [7, 11) is 0. The Bertz CT molecular complexity index is 415. The molecule has 0 aliphatic heterocycles. The quantitative estimate of drug-likeness (QED) is 0.772. The fourth-order valence-electron chi connectivity index (χ4n) is 1.62. The maximum atomic E-state index is 11.7. The molecule has 0 saturated carbocycles. The average Bonchev–Trinajstić information content (AvgIpc) is 2.20. The summed E-state index contributed by atoms with van der Waals surface area (Å²) in [6.45, 7) is 7.93. The maximum absolute atomic E-state index is 11.7. The summed E-state index contributed by atoms with van der Waals surface area (Å²) in [6, 6.07) is 6.08. The Morgan fingerprint density at radius 1 is 1.38 bits per heavy atom. The van der Waals surface area contributed by atoms with Gasteiger partial charge in [-0.25, -0.2) is 0 Å². The molecule has 86 valence electrons. The van der Waals surface area contributed by atoms with Crippen molar-refractivity contribution in [2.45, 2.75) is 34.1 Å². The Balaban J connectivity index is 2.96. The Morgan fingerprint density at radius 2 is 2.06 bits per heavy atom. The molecule has 0 saturated heterocycles. The van der Waals surface area contributed by atoms with E-state index in [2.05, 4.69) is 12.2 Å². The van der Waals surface area contributed by atoms with E-state index in [0.29, 0.717) is 0 Å². The molecule has 0 spiro atoms. The van der Waals surface area contributed by atoms with E-state index in [0.717, 1.165) is 23.2 Å². The highest BCUT2D eigenvalue weighted by Gasteiger charge is 2.06. The van der Waals surface area contributed by atoms with E-state index in [1.807, 2.05) is 39.0 Å². The predicted octanol–water partition coefficient (Wildman–Crippen LogP) is 3.46. The van der Waals surface area contributed by atoms with Gasteiger partial charge in [-0.2, -0.15) is 0 Å². The fraction of sp³-hybridized carbons (Fsp3) is 0.357. The second kappa shape index (κ2) is 5.50. The number of para-hydroxylation sites is 1. The molecule has 2 nitrogen and oxygen atoms in total. The molecule has 0 bridgehead atoms. The van der Waals surface area contributed by atoms with E-state index < -0.39 is 0 Å². The van der Waals surface area contributed by atoms with Crippen LogP contribution in [-0.2, 0) is 11.2 Å². The first kappa shape index (κ1) is 12.5. The number of carbonyl (C=O) groups is 1. The van der Waals surface area contributed by atoms with Crippen LogP contribution in [0.3, 0.4) is 0 Å². The van der Waals surface area contributed by atoms with Crippen LogP contribution in [-0.4, -0.2) is 5.91 Å². The zero-order valence-corrected chi connectivity index (χ0v) is 10.4. The third-order valence-electron chi connectivity index (χ3n) is 2.41. The number of nitrogens with one attached hydrogen (secondary N) is 1. The lowest BCUT2D eigenvalue weighted by Gasteiger charge is -2.11. The van der Waals surface area contributed by atoms with Gasteiger partial charge in [0.05, 0.1) is 0 Å². The highest BCUT2D eigenvalue weighted by Crippen LogP contribution is 2.21. The second-order valence-corrected chi connectivity index (χ2v) is 4.17. The van der Waals surface area contributed by atoms with Crippen molar-refractivity contribution in [3.8, 4) is 0 Å². The fourth-order valence-corrected chi connectivity index (χ4v) is 1.62. The smallest absolute Gasteiger partial charge is 0.248 e. The zero-order chi connectivity index (χ0) is 12.1. The SMILES string of the molecule is CCc1cccc(C)c1NC(=O)C=C(C)C. The van der Waals surface area contributed by atoms with Gasteiger partial charge in [0.2, 0.25) is 5.91 Å². The normalized spacial score (nSPS) is 9.75. The molecule has 0 unspecified atom stereocenters. The molecule has 1 N–H and O–H groups in total. The Morgan fingerprint density at radius 3 is 2.62 bits per heavy atom. The molecule has 1 amide bonds. The van der Waals surface area contributed by atoms with Crippen LogP contribution in [0, 0.1) is 6.92 Å². The highest BCUT2D eigenvalue weighted by atomic mass is 16.1. The summed E-state index contributed by atoms with van der Waals surface area (Å²) in [5.41, 5.74) is 4.24. The lowest BCUT2D eigenvalue weighted by atomic mass is 10.1. The first-order valence-electron chi connectivity index (χ1n) is 5.59. The summed E-state index contributed by atoms with van der Waals surface area (Å²) in [5.74, 6) is -0.0519. The Hall–Kier alpha value is -1.57. The van der Waals surface area contributed by atoms with Crippen LogP contribution in [0.5, 0.6) is 0 Å². The van der Waals surface area contributed by atoms with Crippen molar-refractivity contribution in [1.29, 1.82) is 0 Å². The van der Waals surface area contributed by atoms with Crippen molar-refractivity contribution in [2.75, 3.05) is 5.32 Å². The summed E-state index contributed by atoms with van der Waals surface area (Å²) in [6.07, 6.45) is 2.54. The second-order valence-electron chi connectivity index (χ2n) is 4.17. The molecule has 1 rings (SSSR count). The van der Waals surface area contributed by atoms with Crippen LogP contribution < -0.4 is 5.32 Å². The zero-order valence-electron chi connectivity index (χ0n) is 10.4. The number of benzene rings is 1. The molecular weight excluding hydrogens is 198 g/mol. The van der Waals surface area contributed by atoms with Crippen LogP contribution in [0.25, 0.3) is 0 Å². The van der Waals surface area contributed by atoms with Gasteiger partial charge in [0, 0.05) is 11.8 Å².